The van der Waals surface area contributed by atoms with Crippen molar-refractivity contribution in [2.45, 2.75) is 0 Å². The molecule has 4 heterocycles. The van der Waals surface area contributed by atoms with Gasteiger partial charge in [-0.1, -0.05) is 158 Å². The summed E-state index contributed by atoms with van der Waals surface area (Å²) in [4.78, 5) is 4.91. The first-order valence-corrected chi connectivity index (χ1v) is 22.8. The van der Waals surface area contributed by atoms with E-state index in [-0.39, 0.29) is 0 Å². The maximum Gasteiger partial charge on any atom is 0.0789 e. The normalized spacial score (nSPS) is 12.2. The van der Waals surface area contributed by atoms with E-state index in [2.05, 4.69) is 249 Å². The molecule has 0 aliphatic heterocycles. The largest absolute Gasteiger partial charge is 0.308 e. The van der Waals surface area contributed by atoms with Crippen LogP contribution in [0.2, 0.25) is 0 Å². The molecule has 0 fully saturated rings. The fourth-order valence-corrected chi connectivity index (χ4v) is 11.7. The highest BCUT2D eigenvalue weighted by Gasteiger charge is 2.30. The predicted molar refractivity (Wildman–Crippen MR) is 280 cm³/mol. The fourth-order valence-electron chi connectivity index (χ4n) is 11.7. The Hall–Kier alpha value is -8.86. The second-order valence-corrected chi connectivity index (χ2v) is 17.6. The van der Waals surface area contributed by atoms with Crippen LogP contribution in [0.3, 0.4) is 0 Å². The van der Waals surface area contributed by atoms with Gasteiger partial charge in [0.25, 0.3) is 0 Å². The molecular weight excluding hydrogens is 801 g/mol. The molecule has 4 nitrogen and oxygen atoms in total. The molecule has 4 heteroatoms. The molecule has 15 rings (SSSR count). The smallest absolute Gasteiger partial charge is 0.0789 e. The number of benzene rings is 11. The van der Waals surface area contributed by atoms with Gasteiger partial charge in [-0.05, 0) is 89.0 Å². The first-order chi connectivity index (χ1) is 32.8. The van der Waals surface area contributed by atoms with Gasteiger partial charge in [-0.15, -0.1) is 0 Å². The van der Waals surface area contributed by atoms with E-state index in [0.717, 1.165) is 28.4 Å². The van der Waals surface area contributed by atoms with E-state index in [9.17, 15) is 0 Å². The Kier molecular flexibility index (Phi) is 7.19. The van der Waals surface area contributed by atoms with Crippen LogP contribution in [0.4, 0.5) is 34.1 Å². The monoisotopic (exact) mass is 838 g/mol. The zero-order valence-corrected chi connectivity index (χ0v) is 35.7. The lowest BCUT2D eigenvalue weighted by atomic mass is 9.98. The Morgan fingerprint density at radius 2 is 0.667 bits per heavy atom. The summed E-state index contributed by atoms with van der Waals surface area (Å²) in [7, 11) is 0. The number of para-hydroxylation sites is 6. The minimum absolute atomic E-state index is 1.12. The van der Waals surface area contributed by atoms with Crippen LogP contribution >= 0.6 is 0 Å². The van der Waals surface area contributed by atoms with Crippen LogP contribution in [0.5, 0.6) is 0 Å². The molecule has 306 valence electrons. The number of nitrogens with zero attached hydrogens (tertiary/aromatic N) is 4. The lowest BCUT2D eigenvalue weighted by molar-refractivity contribution is 1.27. The van der Waals surface area contributed by atoms with E-state index in [1.165, 1.54) is 103 Å². The number of hydrogen-bond acceptors (Lipinski definition) is 2. The van der Waals surface area contributed by atoms with Gasteiger partial charge in [0.15, 0.2) is 0 Å². The first kappa shape index (κ1) is 35.6. The molecule has 0 unspecified atom stereocenters. The van der Waals surface area contributed by atoms with Crippen molar-refractivity contribution in [2.24, 2.45) is 0 Å². The molecule has 11 aromatic carbocycles. The van der Waals surface area contributed by atoms with Gasteiger partial charge in [0.05, 0.1) is 44.5 Å². The quantitative estimate of drug-likeness (QED) is 0.166. The number of rotatable bonds is 6. The van der Waals surface area contributed by atoms with E-state index in [1.54, 1.807) is 0 Å². The van der Waals surface area contributed by atoms with Crippen molar-refractivity contribution in [1.82, 2.24) is 8.80 Å². The Morgan fingerprint density at radius 3 is 1.23 bits per heavy atom. The highest BCUT2D eigenvalue weighted by Crippen LogP contribution is 2.53. The molecule has 0 amide bonds. The number of fused-ring (bicyclic) bond motifs is 16. The number of aromatic nitrogens is 2. The van der Waals surface area contributed by atoms with E-state index in [1.807, 2.05) is 0 Å². The summed E-state index contributed by atoms with van der Waals surface area (Å²) in [5.41, 5.74) is 14.1. The minimum atomic E-state index is 1.12. The van der Waals surface area contributed by atoms with Gasteiger partial charge in [-0.3, -0.25) is 0 Å². The summed E-state index contributed by atoms with van der Waals surface area (Å²) in [6, 6.07) is 84.7. The van der Waals surface area contributed by atoms with Crippen molar-refractivity contribution in [1.29, 1.82) is 0 Å². The zero-order chi connectivity index (χ0) is 43.0. The van der Waals surface area contributed by atoms with E-state index in [4.69, 9.17) is 0 Å². The van der Waals surface area contributed by atoms with Gasteiger partial charge in [0.1, 0.15) is 0 Å². The highest BCUT2D eigenvalue weighted by atomic mass is 15.2. The van der Waals surface area contributed by atoms with Crippen LogP contribution in [0, 0.1) is 0 Å². The molecule has 0 spiro atoms. The molecule has 0 atom stereocenters. The number of anilines is 6. The van der Waals surface area contributed by atoms with E-state index < -0.39 is 0 Å². The molecule has 0 N–H and O–H groups in total. The van der Waals surface area contributed by atoms with Gasteiger partial charge in [-0.25, -0.2) is 0 Å². The van der Waals surface area contributed by atoms with E-state index >= 15 is 0 Å². The fraction of sp³-hybridized carbons (Fsp3) is 0. The van der Waals surface area contributed by atoms with Crippen molar-refractivity contribution in [2.75, 3.05) is 9.80 Å². The van der Waals surface area contributed by atoms with E-state index in [0.29, 0.717) is 0 Å². The summed E-state index contributed by atoms with van der Waals surface area (Å²) < 4.78 is 5.18. The molecule has 0 saturated heterocycles. The van der Waals surface area contributed by atoms with Gasteiger partial charge >= 0.3 is 0 Å². The summed E-state index contributed by atoms with van der Waals surface area (Å²) >= 11 is 0. The summed E-state index contributed by atoms with van der Waals surface area (Å²) in [6.07, 6.45) is 0. The lowest BCUT2D eigenvalue weighted by Gasteiger charge is -2.28. The second-order valence-electron chi connectivity index (χ2n) is 17.6. The Balaban J connectivity index is 1.13. The van der Waals surface area contributed by atoms with Crippen LogP contribution in [-0.2, 0) is 0 Å². The van der Waals surface area contributed by atoms with Crippen LogP contribution in [0.15, 0.2) is 231 Å². The molecule has 0 aliphatic carbocycles. The van der Waals surface area contributed by atoms with Crippen molar-refractivity contribution >= 4 is 132 Å². The minimum Gasteiger partial charge on any atom is -0.308 e. The third-order valence-corrected chi connectivity index (χ3v) is 14.2. The molecule has 15 aromatic rings. The molecule has 66 heavy (non-hydrogen) atoms. The van der Waals surface area contributed by atoms with Crippen LogP contribution in [0.1, 0.15) is 0 Å². The lowest BCUT2D eigenvalue weighted by Crippen LogP contribution is -2.11. The first-order valence-electron chi connectivity index (χ1n) is 22.8. The van der Waals surface area contributed by atoms with Gasteiger partial charge in [-0.2, -0.15) is 0 Å². The summed E-state index contributed by atoms with van der Waals surface area (Å²) in [6.45, 7) is 0. The average Bonchev–Trinajstić information content (AvgIpc) is 4.12. The van der Waals surface area contributed by atoms with Crippen molar-refractivity contribution in [3.05, 3.63) is 231 Å². The SMILES string of the molecule is c1ccc(N(c2ccccc2)c2c3ccccc3cc3c4cccc5c6c7c8cccc9c%10c%11ccccc%11cc(N(c%11ccccc%11)c%11ccccc%11)c%10n(c7ccc6n(c23)c45)c89)cc1. The molecule has 4 aromatic heterocycles. The molecule has 0 aliphatic rings. The molecule has 0 radical (unpaired) electrons. The molecule has 0 bridgehead atoms. The maximum atomic E-state index is 2.59. The summed E-state index contributed by atoms with van der Waals surface area (Å²) in [5.74, 6) is 0. The molecular formula is C62H38N4. The van der Waals surface area contributed by atoms with Crippen LogP contribution in [0.25, 0.3) is 97.7 Å². The van der Waals surface area contributed by atoms with Gasteiger partial charge < -0.3 is 18.6 Å². The third-order valence-electron chi connectivity index (χ3n) is 14.2. The Bertz CT molecular complexity index is 4270. The topological polar surface area (TPSA) is 15.3 Å². The van der Waals surface area contributed by atoms with Gasteiger partial charge in [0.2, 0.25) is 0 Å². The average molecular weight is 839 g/mol. The second kappa shape index (κ2) is 13.3. The zero-order valence-electron chi connectivity index (χ0n) is 35.7. The van der Waals surface area contributed by atoms with Crippen LogP contribution in [-0.4, -0.2) is 8.80 Å². The van der Waals surface area contributed by atoms with Crippen molar-refractivity contribution in [3.63, 3.8) is 0 Å². The van der Waals surface area contributed by atoms with Crippen molar-refractivity contribution in [3.8, 4) is 0 Å². The van der Waals surface area contributed by atoms with Crippen LogP contribution < -0.4 is 9.80 Å². The summed E-state index contributed by atoms with van der Waals surface area (Å²) in [5, 5.41) is 15.1. The van der Waals surface area contributed by atoms with Gasteiger partial charge in [0, 0.05) is 71.2 Å². The third kappa shape index (κ3) is 4.66. The highest BCUT2D eigenvalue weighted by molar-refractivity contribution is 6.38. The standard InChI is InChI=1S/C62H38N4/c1-5-21-41(22-6-1)63(42-23-7-2-8-24-42)54-38-40-20-13-15-29-45(40)55-48-32-18-34-50-57-53(66(59(48)50)62(54)55)36-35-52-56(57)49-33-17-31-47-51-37-39-19-14-16-30-46(39)60(61(51)65(52)58(47)49)64(43-25-9-3-10-26-43)44-27-11-4-12-28-44/h1-38H. The predicted octanol–water partition coefficient (Wildman–Crippen LogP) is 17.2. The molecule has 0 saturated carbocycles. The van der Waals surface area contributed by atoms with Crippen molar-refractivity contribution < 1.29 is 0 Å². The number of hydrogen-bond donors (Lipinski definition) is 0. The Labute approximate surface area is 379 Å². The maximum absolute atomic E-state index is 2.59. The Morgan fingerprint density at radius 1 is 0.258 bits per heavy atom.